The molecule has 5 nitrogen and oxygen atoms in total. The zero-order chi connectivity index (χ0) is 14.5. The molecule has 0 saturated heterocycles. The summed E-state index contributed by atoms with van der Waals surface area (Å²) in [6, 6.07) is 3.78. The Labute approximate surface area is 115 Å². The third-order valence-electron chi connectivity index (χ3n) is 2.66. The van der Waals surface area contributed by atoms with Crippen molar-refractivity contribution in [3.05, 3.63) is 41.3 Å². The molecule has 0 radical (unpaired) electrons. The number of hydrogen-bond donors (Lipinski definition) is 0. The van der Waals surface area contributed by atoms with Crippen molar-refractivity contribution in [2.75, 3.05) is 0 Å². The first-order chi connectivity index (χ1) is 9.60. The van der Waals surface area contributed by atoms with Crippen molar-refractivity contribution < 1.29 is 18.4 Å². The number of aryl methyl sites for hydroxylation is 1. The van der Waals surface area contributed by atoms with Crippen LogP contribution in [-0.4, -0.2) is 15.9 Å². The first kappa shape index (κ1) is 14.2. The van der Waals surface area contributed by atoms with Gasteiger partial charge in [0.05, 0.1) is 5.56 Å². The van der Waals surface area contributed by atoms with Gasteiger partial charge in [0.25, 0.3) is 5.89 Å². The molecule has 0 aliphatic heterocycles. The maximum atomic E-state index is 13.2. The van der Waals surface area contributed by atoms with Crippen LogP contribution >= 0.6 is 0 Å². The SMILES string of the molecule is CCCc1noc(COc2cc(F)ccc2C(C)=O)n1. The smallest absolute Gasteiger partial charge is 0.264 e. The van der Waals surface area contributed by atoms with Gasteiger partial charge in [-0.15, -0.1) is 0 Å². The number of carbonyl (C=O) groups is 1. The zero-order valence-corrected chi connectivity index (χ0v) is 11.4. The van der Waals surface area contributed by atoms with Crippen LogP contribution in [0, 0.1) is 5.82 Å². The molecule has 1 aromatic heterocycles. The number of aromatic nitrogens is 2. The summed E-state index contributed by atoms with van der Waals surface area (Å²) in [6.45, 7) is 3.41. The Morgan fingerprint density at radius 3 is 2.95 bits per heavy atom. The summed E-state index contributed by atoms with van der Waals surface area (Å²) in [4.78, 5) is 15.6. The molecule has 0 aliphatic rings. The summed E-state index contributed by atoms with van der Waals surface area (Å²) in [7, 11) is 0. The van der Waals surface area contributed by atoms with E-state index in [4.69, 9.17) is 9.26 Å². The topological polar surface area (TPSA) is 65.2 Å². The van der Waals surface area contributed by atoms with Gasteiger partial charge in [-0.3, -0.25) is 4.79 Å². The van der Waals surface area contributed by atoms with Crippen molar-refractivity contribution in [1.29, 1.82) is 0 Å². The predicted octanol–water partition coefficient (Wildman–Crippen LogP) is 2.94. The third-order valence-corrected chi connectivity index (χ3v) is 2.66. The molecule has 2 aromatic rings. The van der Waals surface area contributed by atoms with Gasteiger partial charge < -0.3 is 9.26 Å². The Kier molecular flexibility index (Phi) is 4.45. The van der Waals surface area contributed by atoms with Gasteiger partial charge in [-0.05, 0) is 25.5 Å². The van der Waals surface area contributed by atoms with Crippen LogP contribution in [0.15, 0.2) is 22.7 Å². The van der Waals surface area contributed by atoms with E-state index in [0.717, 1.165) is 12.8 Å². The van der Waals surface area contributed by atoms with E-state index in [0.29, 0.717) is 17.3 Å². The van der Waals surface area contributed by atoms with E-state index in [1.165, 1.54) is 25.1 Å². The molecule has 106 valence electrons. The predicted molar refractivity (Wildman–Crippen MR) is 69.0 cm³/mol. The van der Waals surface area contributed by atoms with Gasteiger partial charge in [-0.1, -0.05) is 12.1 Å². The van der Waals surface area contributed by atoms with E-state index in [9.17, 15) is 9.18 Å². The highest BCUT2D eigenvalue weighted by Crippen LogP contribution is 2.21. The van der Waals surface area contributed by atoms with E-state index in [2.05, 4.69) is 10.1 Å². The van der Waals surface area contributed by atoms with Crippen molar-refractivity contribution in [2.24, 2.45) is 0 Å². The van der Waals surface area contributed by atoms with Crippen molar-refractivity contribution in [2.45, 2.75) is 33.3 Å². The number of Topliss-reactive ketones (excluding diaryl/α,β-unsaturated/α-hetero) is 1. The monoisotopic (exact) mass is 278 g/mol. The van der Waals surface area contributed by atoms with Gasteiger partial charge in [0, 0.05) is 12.5 Å². The Hall–Kier alpha value is -2.24. The fraction of sp³-hybridized carbons (Fsp3) is 0.357. The first-order valence-corrected chi connectivity index (χ1v) is 6.35. The van der Waals surface area contributed by atoms with Crippen LogP contribution in [0.3, 0.4) is 0 Å². The molecule has 0 bridgehead atoms. The lowest BCUT2D eigenvalue weighted by Crippen LogP contribution is -2.02. The normalized spacial score (nSPS) is 10.6. The number of benzene rings is 1. The maximum Gasteiger partial charge on any atom is 0.264 e. The summed E-state index contributed by atoms with van der Waals surface area (Å²) in [5, 5.41) is 3.79. The average molecular weight is 278 g/mol. The second-order valence-corrected chi connectivity index (χ2v) is 4.34. The first-order valence-electron chi connectivity index (χ1n) is 6.35. The van der Waals surface area contributed by atoms with Crippen molar-refractivity contribution >= 4 is 5.78 Å². The number of halogens is 1. The minimum atomic E-state index is -0.470. The van der Waals surface area contributed by atoms with Crippen LogP contribution in [0.2, 0.25) is 0 Å². The quantitative estimate of drug-likeness (QED) is 0.760. The number of ketones is 1. The standard InChI is InChI=1S/C14H15FN2O3/c1-3-4-13-16-14(20-17-13)8-19-12-7-10(15)5-6-11(12)9(2)18/h5-7H,3-4,8H2,1-2H3. The number of nitrogens with zero attached hydrogens (tertiary/aromatic N) is 2. The fourth-order valence-electron chi connectivity index (χ4n) is 1.72. The molecule has 0 atom stereocenters. The van der Waals surface area contributed by atoms with Gasteiger partial charge in [0.2, 0.25) is 0 Å². The Morgan fingerprint density at radius 1 is 1.45 bits per heavy atom. The average Bonchev–Trinajstić information content (AvgIpc) is 2.84. The molecule has 0 unspecified atom stereocenters. The number of hydrogen-bond acceptors (Lipinski definition) is 5. The second-order valence-electron chi connectivity index (χ2n) is 4.34. The van der Waals surface area contributed by atoms with Gasteiger partial charge >= 0.3 is 0 Å². The summed E-state index contributed by atoms with van der Waals surface area (Å²) < 4.78 is 23.6. The summed E-state index contributed by atoms with van der Waals surface area (Å²) >= 11 is 0. The van der Waals surface area contributed by atoms with Crippen molar-refractivity contribution in [3.8, 4) is 5.75 Å². The van der Waals surface area contributed by atoms with Gasteiger partial charge in [-0.2, -0.15) is 4.98 Å². The summed E-state index contributed by atoms with van der Waals surface area (Å²) in [5.74, 6) is 0.413. The highest BCUT2D eigenvalue weighted by atomic mass is 19.1. The van der Waals surface area contributed by atoms with E-state index in [1.54, 1.807) is 0 Å². The Morgan fingerprint density at radius 2 is 2.25 bits per heavy atom. The number of rotatable bonds is 6. The minimum Gasteiger partial charge on any atom is -0.483 e. The minimum absolute atomic E-state index is 0.000444. The molecule has 0 N–H and O–H groups in total. The molecule has 0 spiro atoms. The number of carbonyl (C=O) groups excluding carboxylic acids is 1. The van der Waals surface area contributed by atoms with Crippen LogP contribution < -0.4 is 4.74 Å². The van der Waals surface area contributed by atoms with Crippen molar-refractivity contribution in [1.82, 2.24) is 10.1 Å². The van der Waals surface area contributed by atoms with E-state index in [1.807, 2.05) is 6.92 Å². The largest absolute Gasteiger partial charge is 0.483 e. The molecule has 0 saturated carbocycles. The van der Waals surface area contributed by atoms with Crippen LogP contribution in [-0.2, 0) is 13.0 Å². The van der Waals surface area contributed by atoms with E-state index < -0.39 is 5.82 Å². The lowest BCUT2D eigenvalue weighted by molar-refractivity contribution is 0.101. The third kappa shape index (κ3) is 3.40. The van der Waals surface area contributed by atoms with Crippen LogP contribution in [0.5, 0.6) is 5.75 Å². The molecule has 0 fully saturated rings. The molecular weight excluding hydrogens is 263 g/mol. The number of ether oxygens (including phenoxy) is 1. The van der Waals surface area contributed by atoms with Crippen molar-refractivity contribution in [3.63, 3.8) is 0 Å². The van der Waals surface area contributed by atoms with E-state index >= 15 is 0 Å². The lowest BCUT2D eigenvalue weighted by atomic mass is 10.1. The van der Waals surface area contributed by atoms with Crippen LogP contribution in [0.25, 0.3) is 0 Å². The zero-order valence-electron chi connectivity index (χ0n) is 11.4. The van der Waals surface area contributed by atoms with Crippen LogP contribution in [0.1, 0.15) is 42.3 Å². The molecule has 1 heterocycles. The van der Waals surface area contributed by atoms with Gasteiger partial charge in [-0.25, -0.2) is 4.39 Å². The molecule has 0 aliphatic carbocycles. The molecule has 6 heteroatoms. The fourth-order valence-corrected chi connectivity index (χ4v) is 1.72. The van der Waals surface area contributed by atoms with Gasteiger partial charge in [0.1, 0.15) is 11.6 Å². The highest BCUT2D eigenvalue weighted by Gasteiger charge is 2.12. The molecule has 20 heavy (non-hydrogen) atoms. The molecule has 2 rings (SSSR count). The molecule has 1 aromatic carbocycles. The Bertz CT molecular complexity index is 610. The second kappa shape index (κ2) is 6.27. The maximum absolute atomic E-state index is 13.2. The summed E-state index contributed by atoms with van der Waals surface area (Å²) in [6.07, 6.45) is 1.64. The summed E-state index contributed by atoms with van der Waals surface area (Å²) in [5.41, 5.74) is 0.319. The molecule has 0 amide bonds. The van der Waals surface area contributed by atoms with Crippen LogP contribution in [0.4, 0.5) is 4.39 Å². The highest BCUT2D eigenvalue weighted by molar-refractivity contribution is 5.96. The lowest BCUT2D eigenvalue weighted by Gasteiger charge is -2.07. The van der Waals surface area contributed by atoms with E-state index in [-0.39, 0.29) is 18.1 Å². The van der Waals surface area contributed by atoms with Gasteiger partial charge in [0.15, 0.2) is 18.2 Å². The molecular formula is C14H15FN2O3. The Balaban J connectivity index is 2.09.